The van der Waals surface area contributed by atoms with E-state index < -0.39 is 30.3 Å². The molecule has 1 N–H and O–H groups in total. The molecule has 2 bridgehead atoms. The highest BCUT2D eigenvalue weighted by atomic mass is 16.2. The summed E-state index contributed by atoms with van der Waals surface area (Å²) in [5, 5.41) is 2.63. The monoisotopic (exact) mass is 369 g/mol. The number of carbonyl (C=O) groups excluding carboxylic acids is 4. The van der Waals surface area contributed by atoms with E-state index in [9.17, 15) is 19.2 Å². The molecule has 0 unspecified atom stereocenters. The predicted octanol–water partition coefficient (Wildman–Crippen LogP) is 2.24. The minimum Gasteiger partial charge on any atom is -0.325 e. The molecule has 0 spiro atoms. The highest BCUT2D eigenvalue weighted by Crippen LogP contribution is 2.50. The summed E-state index contributed by atoms with van der Waals surface area (Å²) in [6.45, 7) is 1.39. The first-order valence-corrected chi connectivity index (χ1v) is 9.49. The van der Waals surface area contributed by atoms with Crippen molar-refractivity contribution in [2.45, 2.75) is 38.6 Å². The average Bonchev–Trinajstić information content (AvgIpc) is 3.34. The molecule has 4 atom stereocenters. The molecule has 142 valence electrons. The molecule has 2 saturated carbocycles. The number of benzene rings is 1. The molecule has 1 aromatic rings. The molecule has 5 amide bonds. The largest absolute Gasteiger partial charge is 0.334 e. The van der Waals surface area contributed by atoms with Crippen LogP contribution in [0, 0.1) is 17.8 Å². The van der Waals surface area contributed by atoms with Gasteiger partial charge in [-0.1, -0.05) is 24.6 Å². The Balaban J connectivity index is 1.44. The van der Waals surface area contributed by atoms with Gasteiger partial charge in [-0.15, -0.1) is 0 Å². The van der Waals surface area contributed by atoms with Gasteiger partial charge < -0.3 is 5.32 Å². The van der Waals surface area contributed by atoms with Crippen LogP contribution in [0.3, 0.4) is 0 Å². The van der Waals surface area contributed by atoms with E-state index in [0.717, 1.165) is 29.1 Å². The van der Waals surface area contributed by atoms with E-state index in [2.05, 4.69) is 5.32 Å². The Kier molecular flexibility index (Phi) is 4.45. The van der Waals surface area contributed by atoms with Gasteiger partial charge in [-0.2, -0.15) is 0 Å². The zero-order valence-corrected chi connectivity index (χ0v) is 15.3. The van der Waals surface area contributed by atoms with E-state index in [1.165, 1.54) is 6.42 Å². The third-order valence-electron chi connectivity index (χ3n) is 6.26. The summed E-state index contributed by atoms with van der Waals surface area (Å²) < 4.78 is 0. The first-order chi connectivity index (χ1) is 13.0. The highest BCUT2D eigenvalue weighted by molar-refractivity contribution is 6.45. The van der Waals surface area contributed by atoms with Crippen LogP contribution in [0.5, 0.6) is 0 Å². The standard InChI is InChI=1S/C20H23N3O4/c1-12(16-10-13-7-8-14(16)9-13)23-19(26)18(25)22(20(23)27)11-17(24)21-15-5-3-2-4-6-15/h2-6,12-14,16H,7-11H2,1H3,(H,21,24)/t12-,13-,14-,16+/m0/s1. The molecule has 0 aromatic heterocycles. The second kappa shape index (κ2) is 6.79. The Labute approximate surface area is 157 Å². The molecule has 1 heterocycles. The number of carbonyl (C=O) groups is 4. The number of anilines is 1. The zero-order chi connectivity index (χ0) is 19.1. The number of urea groups is 1. The van der Waals surface area contributed by atoms with E-state index in [0.29, 0.717) is 17.5 Å². The van der Waals surface area contributed by atoms with Crippen molar-refractivity contribution in [3.63, 3.8) is 0 Å². The fraction of sp³-hybridized carbons (Fsp3) is 0.500. The van der Waals surface area contributed by atoms with Crippen molar-refractivity contribution in [2.75, 3.05) is 11.9 Å². The van der Waals surface area contributed by atoms with Gasteiger partial charge in [0, 0.05) is 11.7 Å². The molecule has 7 nitrogen and oxygen atoms in total. The number of amides is 5. The summed E-state index contributed by atoms with van der Waals surface area (Å²) in [5.74, 6) is -0.788. The van der Waals surface area contributed by atoms with E-state index in [-0.39, 0.29) is 12.0 Å². The van der Waals surface area contributed by atoms with Gasteiger partial charge in [0.05, 0.1) is 0 Å². The van der Waals surface area contributed by atoms with Crippen molar-refractivity contribution < 1.29 is 19.2 Å². The van der Waals surface area contributed by atoms with E-state index in [4.69, 9.17) is 0 Å². The van der Waals surface area contributed by atoms with E-state index in [1.54, 1.807) is 24.3 Å². The van der Waals surface area contributed by atoms with Crippen LogP contribution >= 0.6 is 0 Å². The van der Waals surface area contributed by atoms with Crippen LogP contribution in [0.25, 0.3) is 0 Å². The van der Waals surface area contributed by atoms with Gasteiger partial charge in [-0.3, -0.25) is 19.3 Å². The number of nitrogens with zero attached hydrogens (tertiary/aromatic N) is 2. The van der Waals surface area contributed by atoms with E-state index >= 15 is 0 Å². The van der Waals surface area contributed by atoms with Crippen molar-refractivity contribution in [1.29, 1.82) is 0 Å². The van der Waals surface area contributed by atoms with Crippen molar-refractivity contribution in [3.8, 4) is 0 Å². The van der Waals surface area contributed by atoms with Crippen LogP contribution in [-0.4, -0.2) is 46.1 Å². The van der Waals surface area contributed by atoms with Crippen LogP contribution in [-0.2, 0) is 14.4 Å². The number of hydrogen-bond acceptors (Lipinski definition) is 4. The summed E-state index contributed by atoms with van der Waals surface area (Å²) >= 11 is 0. The minimum absolute atomic E-state index is 0.252. The first-order valence-electron chi connectivity index (χ1n) is 9.49. The number of fused-ring (bicyclic) bond motifs is 2. The number of para-hydroxylation sites is 1. The fourth-order valence-electron chi connectivity index (χ4n) is 4.96. The number of rotatable bonds is 5. The minimum atomic E-state index is -0.918. The third kappa shape index (κ3) is 3.11. The summed E-state index contributed by atoms with van der Waals surface area (Å²) in [4.78, 5) is 51.6. The lowest BCUT2D eigenvalue weighted by Crippen LogP contribution is -2.45. The van der Waals surface area contributed by atoms with Crippen molar-refractivity contribution in [2.24, 2.45) is 17.8 Å². The SMILES string of the molecule is C[C@@H]([C@H]1C[C@H]2CC[C@H]1C2)N1C(=O)C(=O)N(CC(=O)Nc2ccccc2)C1=O. The Morgan fingerprint density at radius 1 is 1.11 bits per heavy atom. The Bertz CT molecular complexity index is 794. The van der Waals surface area contributed by atoms with Crippen LogP contribution in [0.2, 0.25) is 0 Å². The topological polar surface area (TPSA) is 86.8 Å². The van der Waals surface area contributed by atoms with Gasteiger partial charge in [0.15, 0.2) is 0 Å². The molecule has 2 aliphatic carbocycles. The molecule has 4 rings (SSSR count). The van der Waals surface area contributed by atoms with Gasteiger partial charge >= 0.3 is 17.8 Å². The van der Waals surface area contributed by atoms with Crippen LogP contribution in [0.15, 0.2) is 30.3 Å². The second-order valence-corrected chi connectivity index (χ2v) is 7.84. The predicted molar refractivity (Wildman–Crippen MR) is 97.4 cm³/mol. The van der Waals surface area contributed by atoms with Crippen LogP contribution in [0.1, 0.15) is 32.6 Å². The lowest BCUT2D eigenvalue weighted by atomic mass is 9.83. The van der Waals surface area contributed by atoms with Crippen molar-refractivity contribution in [3.05, 3.63) is 30.3 Å². The molecule has 0 radical (unpaired) electrons. The third-order valence-corrected chi connectivity index (χ3v) is 6.26. The molecule has 1 saturated heterocycles. The summed E-state index contributed by atoms with van der Waals surface area (Å²) in [7, 11) is 0. The number of nitrogens with one attached hydrogen (secondary N) is 1. The molecule has 27 heavy (non-hydrogen) atoms. The number of imide groups is 2. The normalized spacial score (nSPS) is 28.2. The molecule has 7 heteroatoms. The van der Waals surface area contributed by atoms with Crippen LogP contribution < -0.4 is 5.32 Å². The molecule has 1 aromatic carbocycles. The molecule has 3 fully saturated rings. The zero-order valence-electron chi connectivity index (χ0n) is 15.3. The quantitative estimate of drug-likeness (QED) is 0.637. The molecule has 3 aliphatic rings. The summed E-state index contributed by atoms with van der Waals surface area (Å²) in [5.41, 5.74) is 0.570. The molecular formula is C20H23N3O4. The fourth-order valence-corrected chi connectivity index (χ4v) is 4.96. The Hall–Kier alpha value is -2.70. The van der Waals surface area contributed by atoms with Gasteiger partial charge in [0.2, 0.25) is 5.91 Å². The maximum atomic E-state index is 12.7. The van der Waals surface area contributed by atoms with Crippen molar-refractivity contribution >= 4 is 29.4 Å². The van der Waals surface area contributed by atoms with E-state index in [1.807, 2.05) is 13.0 Å². The maximum absolute atomic E-state index is 12.7. The van der Waals surface area contributed by atoms with Gasteiger partial charge in [0.1, 0.15) is 6.54 Å². The average molecular weight is 369 g/mol. The number of hydrogen-bond donors (Lipinski definition) is 1. The molecular weight excluding hydrogens is 346 g/mol. The van der Waals surface area contributed by atoms with Gasteiger partial charge in [-0.25, -0.2) is 9.69 Å². The Morgan fingerprint density at radius 3 is 2.48 bits per heavy atom. The maximum Gasteiger partial charge on any atom is 0.334 e. The second-order valence-electron chi connectivity index (χ2n) is 7.84. The first kappa shape index (κ1) is 17.7. The lowest BCUT2D eigenvalue weighted by Gasteiger charge is -2.32. The smallest absolute Gasteiger partial charge is 0.325 e. The molecule has 1 aliphatic heterocycles. The summed E-state index contributed by atoms with van der Waals surface area (Å²) in [6.07, 6.45) is 4.52. The van der Waals surface area contributed by atoms with Crippen LogP contribution in [0.4, 0.5) is 10.5 Å². The lowest BCUT2D eigenvalue weighted by molar-refractivity contribution is -0.144. The van der Waals surface area contributed by atoms with Gasteiger partial charge in [0.25, 0.3) is 0 Å². The summed E-state index contributed by atoms with van der Waals surface area (Å²) in [6, 6.07) is 7.78. The van der Waals surface area contributed by atoms with Crippen molar-refractivity contribution in [1.82, 2.24) is 9.80 Å². The van der Waals surface area contributed by atoms with Gasteiger partial charge in [-0.05, 0) is 56.1 Å². The highest BCUT2D eigenvalue weighted by Gasteiger charge is 2.52. The Morgan fingerprint density at radius 2 is 1.85 bits per heavy atom.